The molecule has 0 spiro atoms. The fraction of sp³-hybridized carbons (Fsp3) is 0.650. The molecule has 0 aromatic heterocycles. The van der Waals surface area contributed by atoms with E-state index < -0.39 is 0 Å². The molecular formula is C20H28ClN3S. The summed E-state index contributed by atoms with van der Waals surface area (Å²) >= 11 is 11.5. The first kappa shape index (κ1) is 17.6. The van der Waals surface area contributed by atoms with Gasteiger partial charge in [0.25, 0.3) is 0 Å². The second-order valence-corrected chi connectivity index (χ2v) is 8.74. The van der Waals surface area contributed by atoms with E-state index in [1.54, 1.807) is 0 Å². The van der Waals surface area contributed by atoms with E-state index in [2.05, 4.69) is 15.5 Å². The van der Waals surface area contributed by atoms with E-state index in [-0.39, 0.29) is 0 Å². The summed E-state index contributed by atoms with van der Waals surface area (Å²) in [5.41, 5.74) is 0.991. The number of piperidine rings is 2. The van der Waals surface area contributed by atoms with E-state index in [9.17, 15) is 0 Å². The largest absolute Gasteiger partial charge is 0.360 e. The Morgan fingerprint density at radius 2 is 1.52 bits per heavy atom. The van der Waals surface area contributed by atoms with Gasteiger partial charge >= 0.3 is 0 Å². The first-order valence-electron chi connectivity index (χ1n) is 9.79. The summed E-state index contributed by atoms with van der Waals surface area (Å²) in [5, 5.41) is 8.36. The lowest BCUT2D eigenvalue weighted by molar-refractivity contribution is -0.00596. The Morgan fingerprint density at radius 1 is 0.920 bits per heavy atom. The van der Waals surface area contributed by atoms with Crippen molar-refractivity contribution in [2.45, 2.75) is 82.0 Å². The quantitative estimate of drug-likeness (QED) is 0.728. The third kappa shape index (κ3) is 4.12. The fourth-order valence-electron chi connectivity index (χ4n) is 5.22. The fourth-order valence-corrected chi connectivity index (χ4v) is 5.63. The normalized spacial score (nSPS) is 30.2. The summed E-state index contributed by atoms with van der Waals surface area (Å²) < 4.78 is 0. The highest BCUT2D eigenvalue weighted by atomic mass is 35.5. The van der Waals surface area contributed by atoms with Crippen LogP contribution in [0, 0.1) is 0 Å². The first-order chi connectivity index (χ1) is 12.2. The second kappa shape index (κ2) is 7.81. The highest BCUT2D eigenvalue weighted by Gasteiger charge is 2.42. The molecule has 1 saturated carbocycles. The lowest BCUT2D eigenvalue weighted by atomic mass is 9.80. The van der Waals surface area contributed by atoms with Gasteiger partial charge in [0, 0.05) is 34.9 Å². The molecular weight excluding hydrogens is 350 g/mol. The number of thiocarbonyl (C=S) groups is 1. The second-order valence-electron chi connectivity index (χ2n) is 7.90. The van der Waals surface area contributed by atoms with Crippen LogP contribution >= 0.6 is 23.8 Å². The Morgan fingerprint density at radius 3 is 2.16 bits per heavy atom. The van der Waals surface area contributed by atoms with Gasteiger partial charge in [0.1, 0.15) is 0 Å². The van der Waals surface area contributed by atoms with Crippen molar-refractivity contribution in [2.75, 3.05) is 5.32 Å². The number of benzene rings is 1. The van der Waals surface area contributed by atoms with Crippen LogP contribution in [0.3, 0.4) is 0 Å². The molecule has 3 nitrogen and oxygen atoms in total. The molecule has 3 aliphatic rings. The van der Waals surface area contributed by atoms with Crippen LogP contribution in [0.4, 0.5) is 5.69 Å². The van der Waals surface area contributed by atoms with Gasteiger partial charge in [0.15, 0.2) is 5.11 Å². The number of hydrogen-bond donors (Lipinski definition) is 2. The van der Waals surface area contributed by atoms with Crippen LogP contribution in [0.2, 0.25) is 5.02 Å². The molecule has 25 heavy (non-hydrogen) atoms. The predicted octanol–water partition coefficient (Wildman–Crippen LogP) is 4.95. The predicted molar refractivity (Wildman–Crippen MR) is 109 cm³/mol. The smallest absolute Gasteiger partial charge is 0.170 e. The topological polar surface area (TPSA) is 27.3 Å². The summed E-state index contributed by atoms with van der Waals surface area (Å²) in [7, 11) is 0. The van der Waals surface area contributed by atoms with Gasteiger partial charge in [-0.2, -0.15) is 0 Å². The molecule has 4 rings (SSSR count). The zero-order chi connectivity index (χ0) is 17.2. The molecule has 136 valence electrons. The first-order valence-corrected chi connectivity index (χ1v) is 10.6. The lowest BCUT2D eigenvalue weighted by Crippen LogP contribution is -2.59. The molecule has 2 heterocycles. The highest BCUT2D eigenvalue weighted by molar-refractivity contribution is 7.80. The number of fused-ring (bicyclic) bond motifs is 2. The molecule has 2 N–H and O–H groups in total. The van der Waals surface area contributed by atoms with Crippen molar-refractivity contribution in [3.63, 3.8) is 0 Å². The number of nitrogens with one attached hydrogen (secondary N) is 2. The maximum atomic E-state index is 5.94. The van der Waals surface area contributed by atoms with Gasteiger partial charge in [-0.15, -0.1) is 0 Å². The lowest BCUT2D eigenvalue weighted by Gasteiger charge is -2.52. The molecule has 2 aliphatic heterocycles. The van der Waals surface area contributed by atoms with Gasteiger partial charge in [-0.05, 0) is 75.0 Å². The van der Waals surface area contributed by atoms with Gasteiger partial charge in [0.05, 0.1) is 0 Å². The van der Waals surface area contributed by atoms with E-state index in [1.807, 2.05) is 24.3 Å². The Labute approximate surface area is 161 Å². The molecule has 1 aromatic carbocycles. The van der Waals surface area contributed by atoms with Crippen molar-refractivity contribution in [2.24, 2.45) is 0 Å². The average Bonchev–Trinajstić information content (AvgIpc) is 3.10. The Bertz CT molecular complexity index is 585. The molecule has 2 saturated heterocycles. The minimum absolute atomic E-state index is 0.500. The van der Waals surface area contributed by atoms with Crippen molar-refractivity contribution < 1.29 is 0 Å². The molecule has 2 bridgehead atoms. The van der Waals surface area contributed by atoms with Gasteiger partial charge in [-0.25, -0.2) is 0 Å². The van der Waals surface area contributed by atoms with Crippen LogP contribution in [0.15, 0.2) is 24.3 Å². The summed E-state index contributed by atoms with van der Waals surface area (Å²) in [6, 6.07) is 10.6. The van der Waals surface area contributed by atoms with E-state index in [0.29, 0.717) is 6.04 Å². The van der Waals surface area contributed by atoms with Gasteiger partial charge < -0.3 is 10.6 Å². The van der Waals surface area contributed by atoms with Crippen LogP contribution in [0.25, 0.3) is 0 Å². The number of hydrogen-bond acceptors (Lipinski definition) is 2. The maximum Gasteiger partial charge on any atom is 0.170 e. The minimum atomic E-state index is 0.500. The summed E-state index contributed by atoms with van der Waals surface area (Å²) in [4.78, 5) is 2.91. The van der Waals surface area contributed by atoms with Crippen molar-refractivity contribution in [1.29, 1.82) is 0 Å². The molecule has 1 aromatic rings. The molecule has 3 fully saturated rings. The maximum absolute atomic E-state index is 5.94. The van der Waals surface area contributed by atoms with E-state index >= 15 is 0 Å². The standard InChI is InChI=1S/C20H28ClN3S/c21-14-8-10-15(11-9-14)22-20(25)23-16-12-18-6-3-7-19(13-16)24(18)17-4-1-2-5-17/h8-11,16-19H,1-7,12-13H2,(H2,22,23,25)/t18-,19-/m1/s1. The van der Waals surface area contributed by atoms with Gasteiger partial charge in [0.2, 0.25) is 0 Å². The van der Waals surface area contributed by atoms with Gasteiger partial charge in [-0.1, -0.05) is 30.9 Å². The molecule has 0 unspecified atom stereocenters. The van der Waals surface area contributed by atoms with Crippen LogP contribution in [-0.4, -0.2) is 34.2 Å². The average molecular weight is 378 g/mol. The molecule has 0 radical (unpaired) electrons. The van der Waals surface area contributed by atoms with Crippen LogP contribution in [-0.2, 0) is 0 Å². The molecule has 1 aliphatic carbocycles. The third-order valence-corrected chi connectivity index (χ3v) is 6.69. The summed E-state index contributed by atoms with van der Waals surface area (Å²) in [6.45, 7) is 0. The zero-order valence-corrected chi connectivity index (χ0v) is 16.3. The van der Waals surface area contributed by atoms with Crippen molar-refractivity contribution in [3.8, 4) is 0 Å². The van der Waals surface area contributed by atoms with Crippen LogP contribution in [0.1, 0.15) is 57.8 Å². The van der Waals surface area contributed by atoms with Crippen LogP contribution in [0.5, 0.6) is 0 Å². The zero-order valence-electron chi connectivity index (χ0n) is 14.7. The van der Waals surface area contributed by atoms with Gasteiger partial charge in [-0.3, -0.25) is 4.90 Å². The molecule has 2 atom stereocenters. The highest BCUT2D eigenvalue weighted by Crippen LogP contribution is 2.39. The Balaban J connectivity index is 1.34. The summed E-state index contributed by atoms with van der Waals surface area (Å²) in [6.07, 6.45) is 12.3. The van der Waals surface area contributed by atoms with E-state index in [1.165, 1.54) is 57.8 Å². The Hall–Kier alpha value is -0.840. The monoisotopic (exact) mass is 377 g/mol. The number of halogens is 1. The van der Waals surface area contributed by atoms with Crippen LogP contribution < -0.4 is 10.6 Å². The van der Waals surface area contributed by atoms with Crippen molar-refractivity contribution in [3.05, 3.63) is 29.3 Å². The third-order valence-electron chi connectivity index (χ3n) is 6.21. The molecule has 5 heteroatoms. The van der Waals surface area contributed by atoms with E-state index in [4.69, 9.17) is 23.8 Å². The molecule has 0 amide bonds. The SMILES string of the molecule is S=C(Nc1ccc(Cl)cc1)NC1C[C@H]2CCC[C@H](C1)N2C1CCCC1. The number of rotatable bonds is 3. The number of anilines is 1. The number of nitrogens with zero attached hydrogens (tertiary/aromatic N) is 1. The Kier molecular flexibility index (Phi) is 5.49. The van der Waals surface area contributed by atoms with Crippen molar-refractivity contribution in [1.82, 2.24) is 10.2 Å². The minimum Gasteiger partial charge on any atom is -0.360 e. The van der Waals surface area contributed by atoms with Crippen molar-refractivity contribution >= 4 is 34.6 Å². The summed E-state index contributed by atoms with van der Waals surface area (Å²) in [5.74, 6) is 0. The van der Waals surface area contributed by atoms with E-state index in [0.717, 1.165) is 33.9 Å².